The number of anilines is 1. The van der Waals surface area contributed by atoms with Gasteiger partial charge in [0, 0.05) is 0 Å². The Morgan fingerprint density at radius 3 is 2.25 bits per heavy atom. The van der Waals surface area contributed by atoms with Gasteiger partial charge in [0.15, 0.2) is 0 Å². The Bertz CT molecular complexity index is 601. The highest BCUT2D eigenvalue weighted by Crippen LogP contribution is 2.29. The molecule has 5 heteroatoms. The molecule has 0 fully saturated rings. The van der Waals surface area contributed by atoms with Crippen molar-refractivity contribution >= 4 is 11.9 Å². The lowest BCUT2D eigenvalue weighted by Gasteiger charge is -2.07. The van der Waals surface area contributed by atoms with Gasteiger partial charge in [0.25, 0.3) is 0 Å². The summed E-state index contributed by atoms with van der Waals surface area (Å²) in [5.74, 6) is 0. The Hall–Kier alpha value is -2.30. The number of hydrogen-bond donors (Lipinski definition) is 1. The quantitative estimate of drug-likeness (QED) is 0.650. The SMILES string of the molecule is Cc1ccccc1C=NNc1ccc(C(F)(F)F)cc1. The second-order valence-corrected chi connectivity index (χ2v) is 4.30. The van der Waals surface area contributed by atoms with Gasteiger partial charge in [0.1, 0.15) is 0 Å². The van der Waals surface area contributed by atoms with Crippen LogP contribution in [0.1, 0.15) is 16.7 Å². The molecule has 0 radical (unpaired) electrons. The van der Waals surface area contributed by atoms with Crippen LogP contribution in [0.3, 0.4) is 0 Å². The van der Waals surface area contributed by atoms with E-state index in [1.54, 1.807) is 6.21 Å². The Morgan fingerprint density at radius 2 is 1.65 bits per heavy atom. The van der Waals surface area contributed by atoms with Crippen molar-refractivity contribution in [3.63, 3.8) is 0 Å². The standard InChI is InChI=1S/C15H13F3N2/c1-11-4-2-3-5-12(11)10-19-20-14-8-6-13(7-9-14)15(16,17)18/h2-10,20H,1H3. The van der Waals surface area contributed by atoms with Gasteiger partial charge in [-0.2, -0.15) is 18.3 Å². The van der Waals surface area contributed by atoms with Crippen LogP contribution in [0, 0.1) is 6.92 Å². The van der Waals surface area contributed by atoms with Gasteiger partial charge in [0.05, 0.1) is 17.5 Å². The Morgan fingerprint density at radius 1 is 1.00 bits per heavy atom. The van der Waals surface area contributed by atoms with Gasteiger partial charge in [-0.3, -0.25) is 5.43 Å². The highest BCUT2D eigenvalue weighted by Gasteiger charge is 2.29. The van der Waals surface area contributed by atoms with E-state index in [0.717, 1.165) is 23.3 Å². The highest BCUT2D eigenvalue weighted by molar-refractivity contribution is 5.82. The Balaban J connectivity index is 2.03. The average molecular weight is 278 g/mol. The third-order valence-electron chi connectivity index (χ3n) is 2.80. The number of benzene rings is 2. The summed E-state index contributed by atoms with van der Waals surface area (Å²) < 4.78 is 37.2. The molecule has 2 rings (SSSR count). The van der Waals surface area contributed by atoms with Crippen LogP contribution in [-0.2, 0) is 6.18 Å². The minimum Gasteiger partial charge on any atom is -0.279 e. The van der Waals surface area contributed by atoms with E-state index in [2.05, 4.69) is 10.5 Å². The molecular weight excluding hydrogens is 265 g/mol. The topological polar surface area (TPSA) is 24.4 Å². The molecule has 0 aromatic heterocycles. The van der Waals surface area contributed by atoms with Crippen LogP contribution in [-0.4, -0.2) is 6.21 Å². The van der Waals surface area contributed by atoms with E-state index in [-0.39, 0.29) is 0 Å². The second-order valence-electron chi connectivity index (χ2n) is 4.30. The molecular formula is C15H13F3N2. The number of aryl methyl sites for hydroxylation is 1. The van der Waals surface area contributed by atoms with Crippen LogP contribution in [0.25, 0.3) is 0 Å². The third kappa shape index (κ3) is 3.60. The molecule has 0 aliphatic heterocycles. The smallest absolute Gasteiger partial charge is 0.279 e. The molecule has 2 aromatic rings. The van der Waals surface area contributed by atoms with Crippen LogP contribution in [0.5, 0.6) is 0 Å². The van der Waals surface area contributed by atoms with Crippen molar-refractivity contribution in [3.8, 4) is 0 Å². The first kappa shape index (κ1) is 14.1. The maximum absolute atomic E-state index is 12.4. The average Bonchev–Trinajstić information content (AvgIpc) is 2.40. The van der Waals surface area contributed by atoms with Crippen molar-refractivity contribution in [1.82, 2.24) is 0 Å². The number of halogens is 3. The van der Waals surface area contributed by atoms with Gasteiger partial charge in [-0.05, 0) is 42.3 Å². The van der Waals surface area contributed by atoms with Crippen molar-refractivity contribution in [2.75, 3.05) is 5.43 Å². The highest BCUT2D eigenvalue weighted by atomic mass is 19.4. The van der Waals surface area contributed by atoms with Crippen molar-refractivity contribution in [1.29, 1.82) is 0 Å². The summed E-state index contributed by atoms with van der Waals surface area (Å²) >= 11 is 0. The predicted octanol–water partition coefficient (Wildman–Crippen LogP) is 4.46. The molecule has 104 valence electrons. The lowest BCUT2D eigenvalue weighted by atomic mass is 10.1. The molecule has 20 heavy (non-hydrogen) atoms. The molecule has 0 unspecified atom stereocenters. The molecule has 0 bridgehead atoms. The zero-order valence-electron chi connectivity index (χ0n) is 10.8. The molecule has 0 saturated carbocycles. The van der Waals surface area contributed by atoms with Crippen LogP contribution < -0.4 is 5.43 Å². The molecule has 0 heterocycles. The molecule has 2 nitrogen and oxygen atoms in total. The minimum atomic E-state index is -4.32. The number of hydrazone groups is 1. The summed E-state index contributed by atoms with van der Waals surface area (Å²) in [7, 11) is 0. The van der Waals surface area contributed by atoms with E-state index in [1.807, 2.05) is 31.2 Å². The molecule has 0 spiro atoms. The van der Waals surface area contributed by atoms with Gasteiger partial charge in [-0.25, -0.2) is 0 Å². The first-order chi connectivity index (χ1) is 9.47. The summed E-state index contributed by atoms with van der Waals surface area (Å²) in [5, 5.41) is 4.01. The summed E-state index contributed by atoms with van der Waals surface area (Å²) in [6.07, 6.45) is -2.68. The summed E-state index contributed by atoms with van der Waals surface area (Å²) in [6, 6.07) is 12.4. The van der Waals surface area contributed by atoms with E-state index in [9.17, 15) is 13.2 Å². The van der Waals surface area contributed by atoms with Crippen molar-refractivity contribution in [2.45, 2.75) is 13.1 Å². The maximum Gasteiger partial charge on any atom is 0.416 e. The van der Waals surface area contributed by atoms with Gasteiger partial charge in [-0.15, -0.1) is 0 Å². The first-order valence-electron chi connectivity index (χ1n) is 5.99. The van der Waals surface area contributed by atoms with Crippen LogP contribution in [0.15, 0.2) is 53.6 Å². The summed E-state index contributed by atoms with van der Waals surface area (Å²) in [6.45, 7) is 1.96. The molecule has 0 aliphatic rings. The van der Waals surface area contributed by atoms with Crippen molar-refractivity contribution in [3.05, 3.63) is 65.2 Å². The van der Waals surface area contributed by atoms with E-state index in [0.29, 0.717) is 5.69 Å². The molecule has 0 atom stereocenters. The minimum absolute atomic E-state index is 0.503. The summed E-state index contributed by atoms with van der Waals surface area (Å²) in [5.41, 5.74) is 4.55. The van der Waals surface area contributed by atoms with E-state index >= 15 is 0 Å². The van der Waals surface area contributed by atoms with Crippen LogP contribution in [0.2, 0.25) is 0 Å². The zero-order chi connectivity index (χ0) is 14.6. The number of nitrogens with zero attached hydrogens (tertiary/aromatic N) is 1. The Labute approximate surface area is 114 Å². The largest absolute Gasteiger partial charge is 0.416 e. The monoisotopic (exact) mass is 278 g/mol. The third-order valence-corrected chi connectivity index (χ3v) is 2.80. The van der Waals surface area contributed by atoms with Crippen molar-refractivity contribution < 1.29 is 13.2 Å². The van der Waals surface area contributed by atoms with E-state index in [1.165, 1.54) is 12.1 Å². The van der Waals surface area contributed by atoms with Gasteiger partial charge >= 0.3 is 6.18 Å². The first-order valence-corrected chi connectivity index (χ1v) is 5.99. The fourth-order valence-electron chi connectivity index (χ4n) is 1.64. The van der Waals surface area contributed by atoms with Gasteiger partial charge < -0.3 is 0 Å². The van der Waals surface area contributed by atoms with Crippen LogP contribution >= 0.6 is 0 Å². The summed E-state index contributed by atoms with van der Waals surface area (Å²) in [4.78, 5) is 0. The molecule has 1 N–H and O–H groups in total. The number of alkyl halides is 3. The van der Waals surface area contributed by atoms with E-state index < -0.39 is 11.7 Å². The van der Waals surface area contributed by atoms with Gasteiger partial charge in [0.2, 0.25) is 0 Å². The van der Waals surface area contributed by atoms with E-state index in [4.69, 9.17) is 0 Å². The normalized spacial score (nSPS) is 11.8. The lowest BCUT2D eigenvalue weighted by Crippen LogP contribution is -2.04. The second kappa shape index (κ2) is 5.77. The molecule has 0 aliphatic carbocycles. The number of nitrogens with one attached hydrogen (secondary N) is 1. The van der Waals surface area contributed by atoms with Crippen LogP contribution in [0.4, 0.5) is 18.9 Å². The molecule has 0 saturated heterocycles. The molecule has 0 amide bonds. The molecule has 2 aromatic carbocycles. The fraction of sp³-hybridized carbons (Fsp3) is 0.133. The Kier molecular flexibility index (Phi) is 4.08. The van der Waals surface area contributed by atoms with Crippen molar-refractivity contribution in [2.24, 2.45) is 5.10 Å². The predicted molar refractivity (Wildman–Crippen MR) is 73.8 cm³/mol. The van der Waals surface area contributed by atoms with Gasteiger partial charge in [-0.1, -0.05) is 24.3 Å². The number of rotatable bonds is 3. The fourth-order valence-corrected chi connectivity index (χ4v) is 1.64. The maximum atomic E-state index is 12.4. The lowest BCUT2D eigenvalue weighted by molar-refractivity contribution is -0.137. The number of hydrogen-bond acceptors (Lipinski definition) is 2. The zero-order valence-corrected chi connectivity index (χ0v) is 10.8.